The highest BCUT2D eigenvalue weighted by molar-refractivity contribution is 5.79. The number of hydrogen-bond acceptors (Lipinski definition) is 5. The lowest BCUT2D eigenvalue weighted by atomic mass is 10.1. The van der Waals surface area contributed by atoms with Gasteiger partial charge in [-0.25, -0.2) is 0 Å². The second-order valence-electron chi connectivity index (χ2n) is 5.75. The summed E-state index contributed by atoms with van der Waals surface area (Å²) in [7, 11) is 1.31. The van der Waals surface area contributed by atoms with Crippen LogP contribution in [0.25, 0.3) is 0 Å². The van der Waals surface area contributed by atoms with Crippen molar-refractivity contribution in [3.05, 3.63) is 0 Å². The first kappa shape index (κ1) is 21.4. The molecule has 2 atom stereocenters. The summed E-state index contributed by atoms with van der Waals surface area (Å²) in [6.07, 6.45) is 5.80. The number of unbranched alkanes of at least 4 members (excludes halogenated alkanes) is 4. The van der Waals surface area contributed by atoms with Gasteiger partial charge in [0.25, 0.3) is 0 Å². The minimum atomic E-state index is -0.513. The van der Waals surface area contributed by atoms with Gasteiger partial charge in [-0.1, -0.05) is 32.6 Å². The van der Waals surface area contributed by atoms with Gasteiger partial charge in [0, 0.05) is 19.4 Å². The molecule has 0 aromatic carbocycles. The molecule has 0 unspecified atom stereocenters. The van der Waals surface area contributed by atoms with Crippen LogP contribution in [0.2, 0.25) is 0 Å². The number of hydrogen-bond donors (Lipinski definition) is 3. The van der Waals surface area contributed by atoms with Crippen LogP contribution >= 0.6 is 0 Å². The molecule has 0 aliphatic carbocycles. The Morgan fingerprint density at radius 2 is 1.78 bits per heavy atom. The van der Waals surface area contributed by atoms with E-state index in [1.54, 1.807) is 6.92 Å². The quantitative estimate of drug-likeness (QED) is 0.343. The van der Waals surface area contributed by atoms with Crippen molar-refractivity contribution < 1.29 is 19.1 Å². The average molecular weight is 329 g/mol. The van der Waals surface area contributed by atoms with E-state index in [0.717, 1.165) is 25.7 Å². The number of amides is 2. The van der Waals surface area contributed by atoms with Crippen LogP contribution < -0.4 is 16.4 Å². The third-order valence-electron chi connectivity index (χ3n) is 3.55. The molecule has 7 nitrogen and oxygen atoms in total. The van der Waals surface area contributed by atoms with Crippen molar-refractivity contribution >= 4 is 17.8 Å². The predicted octanol–water partition coefficient (Wildman–Crippen LogP) is 0.858. The van der Waals surface area contributed by atoms with Crippen molar-refractivity contribution in [3.8, 4) is 0 Å². The first-order chi connectivity index (χ1) is 10.9. The fourth-order valence-electron chi connectivity index (χ4n) is 2.19. The highest BCUT2D eigenvalue weighted by Gasteiger charge is 2.18. The zero-order valence-electron chi connectivity index (χ0n) is 14.5. The van der Waals surface area contributed by atoms with E-state index < -0.39 is 24.0 Å². The summed E-state index contributed by atoms with van der Waals surface area (Å²) in [5, 5.41) is 5.73. The number of methoxy groups -OCH3 is 1. The third kappa shape index (κ3) is 11.6. The number of primary amides is 1. The molecule has 0 radical (unpaired) electrons. The van der Waals surface area contributed by atoms with Crippen LogP contribution in [0.1, 0.15) is 58.8 Å². The topological polar surface area (TPSA) is 111 Å². The molecule has 7 heteroatoms. The summed E-state index contributed by atoms with van der Waals surface area (Å²) in [5.74, 6) is -0.990. The summed E-state index contributed by atoms with van der Waals surface area (Å²) in [5.41, 5.74) is 5.21. The summed E-state index contributed by atoms with van der Waals surface area (Å²) in [4.78, 5) is 34.4. The van der Waals surface area contributed by atoms with Gasteiger partial charge in [-0.15, -0.1) is 0 Å². The first-order valence-corrected chi connectivity index (χ1v) is 8.29. The van der Waals surface area contributed by atoms with Crippen LogP contribution in [0.4, 0.5) is 0 Å². The van der Waals surface area contributed by atoms with Crippen LogP contribution in [0, 0.1) is 0 Å². The largest absolute Gasteiger partial charge is 0.468 e. The monoisotopic (exact) mass is 329 g/mol. The maximum atomic E-state index is 11.9. The summed E-state index contributed by atoms with van der Waals surface area (Å²) in [6.45, 7) is 4.08. The summed E-state index contributed by atoms with van der Waals surface area (Å²) >= 11 is 0. The normalized spacial score (nSPS) is 13.2. The third-order valence-corrected chi connectivity index (χ3v) is 3.55. The molecule has 2 amide bonds. The molecule has 0 rings (SSSR count). The van der Waals surface area contributed by atoms with Gasteiger partial charge in [-0.2, -0.15) is 0 Å². The molecule has 0 heterocycles. The van der Waals surface area contributed by atoms with E-state index >= 15 is 0 Å². The molecule has 0 spiro atoms. The van der Waals surface area contributed by atoms with Crippen molar-refractivity contribution in [2.45, 2.75) is 70.9 Å². The van der Waals surface area contributed by atoms with Crippen LogP contribution in [0.3, 0.4) is 0 Å². The Morgan fingerprint density at radius 1 is 1.13 bits per heavy atom. The van der Waals surface area contributed by atoms with E-state index in [-0.39, 0.29) is 18.9 Å². The Balaban J connectivity index is 4.19. The molecule has 0 fully saturated rings. The summed E-state index contributed by atoms with van der Waals surface area (Å²) < 4.78 is 4.61. The second-order valence-corrected chi connectivity index (χ2v) is 5.75. The van der Waals surface area contributed by atoms with Gasteiger partial charge in [0.1, 0.15) is 6.04 Å². The number of carbonyl (C=O) groups is 3. The molecule has 4 N–H and O–H groups in total. The molecular weight excluding hydrogens is 298 g/mol. The maximum Gasteiger partial charge on any atom is 0.322 e. The molecule has 0 aliphatic rings. The lowest BCUT2D eigenvalue weighted by Gasteiger charge is -2.20. The van der Waals surface area contributed by atoms with Gasteiger partial charge in [0.05, 0.1) is 13.2 Å². The Hall–Kier alpha value is -1.63. The molecule has 0 aliphatic heterocycles. The number of ether oxygens (including phenoxy) is 1. The lowest BCUT2D eigenvalue weighted by molar-refractivity contribution is -0.142. The first-order valence-electron chi connectivity index (χ1n) is 8.29. The van der Waals surface area contributed by atoms with Crippen LogP contribution in [-0.2, 0) is 19.1 Å². The van der Waals surface area contributed by atoms with Gasteiger partial charge in [0.2, 0.25) is 11.8 Å². The predicted molar refractivity (Wildman–Crippen MR) is 88.6 cm³/mol. The van der Waals surface area contributed by atoms with E-state index in [9.17, 15) is 14.4 Å². The molecule has 0 saturated heterocycles. The van der Waals surface area contributed by atoms with Crippen molar-refractivity contribution in [2.24, 2.45) is 5.73 Å². The number of esters is 1. The molecular formula is C16H31N3O4. The molecule has 0 aromatic heterocycles. The fourth-order valence-corrected chi connectivity index (χ4v) is 2.19. The van der Waals surface area contributed by atoms with Crippen LogP contribution in [-0.4, -0.2) is 43.5 Å². The standard InChI is InChI=1S/C16H31N3O4/c1-4-5-6-7-8-9-15(21)19-13(10-14(17)20)11-18-12(2)16(22)23-3/h12-13,18H,4-11H2,1-3H3,(H2,17,20)(H,19,21)/t12-,13+/m0/s1. The van der Waals surface area contributed by atoms with Gasteiger partial charge in [-0.05, 0) is 13.3 Å². The maximum absolute atomic E-state index is 11.9. The van der Waals surface area contributed by atoms with Crippen LogP contribution in [0.15, 0.2) is 0 Å². The Morgan fingerprint density at radius 3 is 2.35 bits per heavy atom. The zero-order chi connectivity index (χ0) is 17.7. The number of nitrogens with two attached hydrogens (primary N) is 1. The highest BCUT2D eigenvalue weighted by atomic mass is 16.5. The van der Waals surface area contributed by atoms with Crippen molar-refractivity contribution in [2.75, 3.05) is 13.7 Å². The van der Waals surface area contributed by atoms with E-state index in [2.05, 4.69) is 22.3 Å². The van der Waals surface area contributed by atoms with E-state index in [4.69, 9.17) is 5.73 Å². The molecule has 23 heavy (non-hydrogen) atoms. The van der Waals surface area contributed by atoms with Crippen molar-refractivity contribution in [3.63, 3.8) is 0 Å². The highest BCUT2D eigenvalue weighted by Crippen LogP contribution is 2.05. The molecule has 0 bridgehead atoms. The number of nitrogens with one attached hydrogen (secondary N) is 2. The fraction of sp³-hybridized carbons (Fsp3) is 0.812. The minimum absolute atomic E-state index is 0.0302. The molecule has 0 saturated carbocycles. The second kappa shape index (κ2) is 12.9. The van der Waals surface area contributed by atoms with E-state index in [1.165, 1.54) is 13.5 Å². The minimum Gasteiger partial charge on any atom is -0.468 e. The van der Waals surface area contributed by atoms with E-state index in [0.29, 0.717) is 6.42 Å². The van der Waals surface area contributed by atoms with Gasteiger partial charge >= 0.3 is 5.97 Å². The average Bonchev–Trinajstić information content (AvgIpc) is 2.50. The number of rotatable bonds is 13. The van der Waals surface area contributed by atoms with Gasteiger partial charge in [-0.3, -0.25) is 14.4 Å². The molecule has 0 aromatic rings. The van der Waals surface area contributed by atoms with Crippen molar-refractivity contribution in [1.29, 1.82) is 0 Å². The SMILES string of the molecule is CCCCCCCC(=O)N[C@@H](CN[C@@H](C)C(=O)OC)CC(N)=O. The Kier molecular flexibility index (Phi) is 12.0. The van der Waals surface area contributed by atoms with Crippen LogP contribution in [0.5, 0.6) is 0 Å². The number of carbonyl (C=O) groups excluding carboxylic acids is 3. The molecule has 134 valence electrons. The lowest BCUT2D eigenvalue weighted by Crippen LogP contribution is -2.47. The Labute approximate surface area is 138 Å². The summed E-state index contributed by atoms with van der Waals surface area (Å²) in [6, 6.07) is -0.941. The van der Waals surface area contributed by atoms with Gasteiger partial charge in [0.15, 0.2) is 0 Å². The Bertz CT molecular complexity index is 374. The van der Waals surface area contributed by atoms with Gasteiger partial charge < -0.3 is 21.1 Å². The van der Waals surface area contributed by atoms with Crippen molar-refractivity contribution in [1.82, 2.24) is 10.6 Å². The smallest absolute Gasteiger partial charge is 0.322 e. The van der Waals surface area contributed by atoms with E-state index in [1.807, 2.05) is 0 Å². The zero-order valence-corrected chi connectivity index (χ0v) is 14.5.